The van der Waals surface area contributed by atoms with Crippen LogP contribution in [0.15, 0.2) is 43.1 Å². The first kappa shape index (κ1) is 19.1. The predicted octanol–water partition coefficient (Wildman–Crippen LogP) is 3.44. The van der Waals surface area contributed by atoms with Crippen molar-refractivity contribution in [1.29, 1.82) is 0 Å². The summed E-state index contributed by atoms with van der Waals surface area (Å²) in [4.78, 5) is 23.0. The molecule has 0 atom stereocenters. The Kier molecular flexibility index (Phi) is 5.31. The molecule has 7 heteroatoms. The van der Waals surface area contributed by atoms with Gasteiger partial charge in [-0.25, -0.2) is 4.98 Å². The molecule has 7 nitrogen and oxygen atoms in total. The van der Waals surface area contributed by atoms with Crippen molar-refractivity contribution in [2.75, 3.05) is 32.5 Å². The van der Waals surface area contributed by atoms with Gasteiger partial charge in [0.2, 0.25) is 5.95 Å². The summed E-state index contributed by atoms with van der Waals surface area (Å²) in [5.41, 5.74) is 3.47. The summed E-state index contributed by atoms with van der Waals surface area (Å²) >= 11 is 0. The number of carbonyl (C=O) groups is 1. The molecule has 4 rings (SSSR count). The minimum absolute atomic E-state index is 0.106. The average Bonchev–Trinajstić information content (AvgIpc) is 3.12. The molecule has 0 aliphatic carbocycles. The number of aromatic nitrogens is 3. The Morgan fingerprint density at radius 2 is 2.00 bits per heavy atom. The lowest BCUT2D eigenvalue weighted by molar-refractivity contribution is 0.0821. The minimum atomic E-state index is -0.106. The fourth-order valence-electron chi connectivity index (χ4n) is 3.77. The molecule has 1 aromatic carbocycles. The van der Waals surface area contributed by atoms with Crippen molar-refractivity contribution in [2.24, 2.45) is 0 Å². The lowest BCUT2D eigenvalue weighted by atomic mass is 9.90. The topological polar surface area (TPSA) is 75.1 Å². The van der Waals surface area contributed by atoms with E-state index in [1.165, 1.54) is 23.3 Å². The van der Waals surface area contributed by atoms with Crippen molar-refractivity contribution in [1.82, 2.24) is 24.8 Å². The Balaban J connectivity index is 1.58. The number of hydrogen-bond donors (Lipinski definition) is 2. The summed E-state index contributed by atoms with van der Waals surface area (Å²) < 4.78 is 1.70. The fourth-order valence-corrected chi connectivity index (χ4v) is 3.77. The molecular weight excluding hydrogens is 364 g/mol. The van der Waals surface area contributed by atoms with Crippen LogP contribution in [-0.4, -0.2) is 52.5 Å². The third-order valence-electron chi connectivity index (χ3n) is 5.36. The second-order valence-electron chi connectivity index (χ2n) is 7.53. The number of benzene rings is 1. The van der Waals surface area contributed by atoms with Gasteiger partial charge in [0.25, 0.3) is 5.91 Å². The van der Waals surface area contributed by atoms with Gasteiger partial charge in [0.15, 0.2) is 0 Å². The van der Waals surface area contributed by atoms with Gasteiger partial charge in [0.05, 0.1) is 0 Å². The predicted molar refractivity (Wildman–Crippen MR) is 117 cm³/mol. The highest BCUT2D eigenvalue weighted by molar-refractivity contribution is 5.98. The number of piperidine rings is 1. The molecule has 0 radical (unpaired) electrons. The Labute approximate surface area is 170 Å². The molecule has 1 amide bonds. The van der Waals surface area contributed by atoms with Crippen molar-refractivity contribution in [3.8, 4) is 0 Å². The van der Waals surface area contributed by atoms with Crippen LogP contribution in [0.1, 0.15) is 34.8 Å². The van der Waals surface area contributed by atoms with Crippen molar-refractivity contribution in [3.63, 3.8) is 0 Å². The number of nitrogens with one attached hydrogen (secondary N) is 2. The summed E-state index contributed by atoms with van der Waals surface area (Å²) in [7, 11) is 3.44. The van der Waals surface area contributed by atoms with Crippen molar-refractivity contribution >= 4 is 34.8 Å². The molecule has 1 aliphatic heterocycles. The van der Waals surface area contributed by atoms with E-state index in [1.54, 1.807) is 37.1 Å². The van der Waals surface area contributed by atoms with Crippen LogP contribution in [-0.2, 0) is 0 Å². The highest BCUT2D eigenvalue weighted by Crippen LogP contribution is 2.27. The lowest BCUT2D eigenvalue weighted by Crippen LogP contribution is -2.26. The first-order chi connectivity index (χ1) is 14.1. The molecule has 0 saturated carbocycles. The standard InChI is InChI=1S/C22H26N6O/c1-4-28-19(21(29)27(2)3)13-17-14-24-22(26-20(17)28)25-18-7-5-15(6-8-18)16-9-11-23-12-10-16/h4-8,13-14,16,23H,1,9-12H2,2-3H3,(H,24,25,26). The van der Waals surface area contributed by atoms with Gasteiger partial charge in [-0.05, 0) is 55.6 Å². The number of nitrogens with zero attached hydrogens (tertiary/aromatic N) is 4. The quantitative estimate of drug-likeness (QED) is 0.698. The van der Waals surface area contributed by atoms with E-state index >= 15 is 0 Å². The van der Waals surface area contributed by atoms with E-state index in [2.05, 4.69) is 51.4 Å². The van der Waals surface area contributed by atoms with Gasteiger partial charge in [-0.1, -0.05) is 18.7 Å². The maximum Gasteiger partial charge on any atom is 0.270 e. The zero-order chi connectivity index (χ0) is 20.4. The van der Waals surface area contributed by atoms with Crippen molar-refractivity contribution < 1.29 is 4.79 Å². The van der Waals surface area contributed by atoms with E-state index in [9.17, 15) is 4.79 Å². The Morgan fingerprint density at radius 3 is 2.66 bits per heavy atom. The Morgan fingerprint density at radius 1 is 1.28 bits per heavy atom. The van der Waals surface area contributed by atoms with Crippen LogP contribution in [0.4, 0.5) is 11.6 Å². The van der Waals surface area contributed by atoms with Crippen LogP contribution >= 0.6 is 0 Å². The van der Waals surface area contributed by atoms with Crippen LogP contribution in [0, 0.1) is 0 Å². The van der Waals surface area contributed by atoms with Crippen molar-refractivity contribution in [2.45, 2.75) is 18.8 Å². The van der Waals surface area contributed by atoms with Gasteiger partial charge < -0.3 is 15.5 Å². The second-order valence-corrected chi connectivity index (χ2v) is 7.53. The molecule has 3 aromatic rings. The van der Waals surface area contributed by atoms with E-state index < -0.39 is 0 Å². The molecule has 0 bridgehead atoms. The summed E-state index contributed by atoms with van der Waals surface area (Å²) in [6.07, 6.45) is 5.68. The van der Waals surface area contributed by atoms with Crippen LogP contribution < -0.4 is 10.6 Å². The Bertz CT molecular complexity index is 1030. The van der Waals surface area contributed by atoms with Gasteiger partial charge in [-0.3, -0.25) is 9.36 Å². The smallest absolute Gasteiger partial charge is 0.270 e. The highest BCUT2D eigenvalue weighted by Gasteiger charge is 2.18. The summed E-state index contributed by atoms with van der Waals surface area (Å²) in [5, 5.41) is 7.46. The summed E-state index contributed by atoms with van der Waals surface area (Å²) in [5.74, 6) is 1.00. The van der Waals surface area contributed by atoms with Gasteiger partial charge >= 0.3 is 0 Å². The van der Waals surface area contributed by atoms with E-state index in [4.69, 9.17) is 0 Å². The highest BCUT2D eigenvalue weighted by atomic mass is 16.2. The maximum absolute atomic E-state index is 12.4. The lowest BCUT2D eigenvalue weighted by Gasteiger charge is -2.23. The molecule has 3 heterocycles. The monoisotopic (exact) mass is 390 g/mol. The van der Waals surface area contributed by atoms with Gasteiger partial charge in [0, 0.05) is 37.6 Å². The zero-order valence-electron chi connectivity index (χ0n) is 16.9. The third kappa shape index (κ3) is 3.86. The van der Waals surface area contributed by atoms with Crippen LogP contribution in [0.2, 0.25) is 0 Å². The molecule has 1 fully saturated rings. The van der Waals surface area contributed by atoms with Crippen LogP contribution in [0.25, 0.3) is 17.2 Å². The molecule has 29 heavy (non-hydrogen) atoms. The van der Waals surface area contributed by atoms with Gasteiger partial charge in [0.1, 0.15) is 11.3 Å². The average molecular weight is 390 g/mol. The number of amides is 1. The van der Waals surface area contributed by atoms with Gasteiger partial charge in [-0.15, -0.1) is 0 Å². The van der Waals surface area contributed by atoms with Gasteiger partial charge in [-0.2, -0.15) is 4.98 Å². The Hall–Kier alpha value is -3.19. The molecular formula is C22H26N6O. The molecule has 1 saturated heterocycles. The van der Waals surface area contributed by atoms with Crippen molar-refractivity contribution in [3.05, 3.63) is 54.4 Å². The molecule has 1 aliphatic rings. The first-order valence-corrected chi connectivity index (χ1v) is 9.86. The minimum Gasteiger partial charge on any atom is -0.343 e. The molecule has 0 unspecified atom stereocenters. The molecule has 2 aromatic heterocycles. The second kappa shape index (κ2) is 8.05. The van der Waals surface area contributed by atoms with Crippen LogP contribution in [0.5, 0.6) is 0 Å². The third-order valence-corrected chi connectivity index (χ3v) is 5.36. The number of fused-ring (bicyclic) bond motifs is 1. The van der Waals surface area contributed by atoms with Crippen LogP contribution in [0.3, 0.4) is 0 Å². The number of carbonyl (C=O) groups excluding carboxylic acids is 1. The number of hydrogen-bond acceptors (Lipinski definition) is 5. The number of anilines is 2. The molecule has 0 spiro atoms. The largest absolute Gasteiger partial charge is 0.343 e. The SMILES string of the molecule is C=Cn1c(C(=O)N(C)C)cc2cnc(Nc3ccc(C4CCNCC4)cc3)nc21. The summed E-state index contributed by atoms with van der Waals surface area (Å²) in [6, 6.07) is 10.3. The van der Waals surface area contributed by atoms with E-state index in [0.29, 0.717) is 23.2 Å². The van der Waals surface area contributed by atoms with E-state index in [0.717, 1.165) is 24.2 Å². The van der Waals surface area contributed by atoms with E-state index in [1.807, 2.05) is 0 Å². The fraction of sp³-hybridized carbons (Fsp3) is 0.318. The van der Waals surface area contributed by atoms with E-state index in [-0.39, 0.29) is 5.91 Å². The molecule has 150 valence electrons. The first-order valence-electron chi connectivity index (χ1n) is 9.86. The molecule has 2 N–H and O–H groups in total. The zero-order valence-corrected chi connectivity index (χ0v) is 16.9. The maximum atomic E-state index is 12.4. The number of rotatable bonds is 5. The summed E-state index contributed by atoms with van der Waals surface area (Å²) in [6.45, 7) is 6.00. The normalized spacial score (nSPS) is 14.7.